The fraction of sp³-hybridized carbons (Fsp3) is 0.625. The van der Waals surface area contributed by atoms with Gasteiger partial charge in [-0.3, -0.25) is 4.90 Å². The molecule has 1 heteroatoms. The van der Waals surface area contributed by atoms with Crippen LogP contribution in [0.2, 0.25) is 0 Å². The second-order valence-corrected chi connectivity index (χ2v) is 4.91. The molecule has 94 valence electrons. The second kappa shape index (κ2) is 5.68. The third-order valence-electron chi connectivity index (χ3n) is 3.78. The molecule has 3 rings (SSSR count). The quantitative estimate of drug-likeness (QED) is 0.748. The summed E-state index contributed by atoms with van der Waals surface area (Å²) in [5.74, 6) is 0. The highest BCUT2D eigenvalue weighted by Crippen LogP contribution is 2.31. The Morgan fingerprint density at radius 2 is 1.94 bits per heavy atom. The molecule has 17 heavy (non-hydrogen) atoms. The van der Waals surface area contributed by atoms with Gasteiger partial charge in [0.2, 0.25) is 0 Å². The van der Waals surface area contributed by atoms with Gasteiger partial charge in [0, 0.05) is 19.1 Å². The van der Waals surface area contributed by atoms with Gasteiger partial charge in [-0.15, -0.1) is 0 Å². The fourth-order valence-corrected chi connectivity index (χ4v) is 2.60. The highest BCUT2D eigenvalue weighted by Gasteiger charge is 2.30. The Balaban J connectivity index is 0.000000514. The predicted molar refractivity (Wildman–Crippen MR) is 74.3 cm³/mol. The number of rotatable bonds is 2. The maximum Gasteiger partial charge on any atom is 0.0239 e. The van der Waals surface area contributed by atoms with Crippen LogP contribution in [-0.4, -0.2) is 17.5 Å². The van der Waals surface area contributed by atoms with Gasteiger partial charge in [-0.05, 0) is 42.4 Å². The first kappa shape index (κ1) is 12.6. The molecule has 1 fully saturated rings. The number of fused-ring (bicyclic) bond motifs is 1. The Kier molecular flexibility index (Phi) is 4.22. The lowest BCUT2D eigenvalue weighted by Crippen LogP contribution is -2.32. The largest absolute Gasteiger partial charge is 0.296 e. The second-order valence-electron chi connectivity index (χ2n) is 4.91. The summed E-state index contributed by atoms with van der Waals surface area (Å²) in [4.78, 5) is 2.67. The smallest absolute Gasteiger partial charge is 0.0239 e. The lowest BCUT2D eigenvalue weighted by atomic mass is 9.96. The van der Waals surface area contributed by atoms with Gasteiger partial charge in [0.05, 0.1) is 0 Å². The van der Waals surface area contributed by atoms with Crippen LogP contribution in [0.25, 0.3) is 0 Å². The van der Waals surface area contributed by atoms with Crippen LogP contribution >= 0.6 is 0 Å². The zero-order valence-electron chi connectivity index (χ0n) is 11.5. The zero-order chi connectivity index (χ0) is 12.3. The molecule has 0 N–H and O–H groups in total. The van der Waals surface area contributed by atoms with Gasteiger partial charge in [-0.2, -0.15) is 0 Å². The molecule has 0 unspecified atom stereocenters. The van der Waals surface area contributed by atoms with E-state index < -0.39 is 0 Å². The monoisotopic (exact) mass is 231 g/mol. The fourth-order valence-electron chi connectivity index (χ4n) is 2.60. The normalized spacial score (nSPS) is 19.2. The summed E-state index contributed by atoms with van der Waals surface area (Å²) in [6.45, 7) is 8.72. The molecule has 1 nitrogen and oxygen atoms in total. The first-order chi connectivity index (χ1) is 8.36. The van der Waals surface area contributed by atoms with Gasteiger partial charge in [-0.25, -0.2) is 0 Å². The Morgan fingerprint density at radius 3 is 2.59 bits per heavy atom. The van der Waals surface area contributed by atoms with Crippen LogP contribution in [-0.2, 0) is 19.4 Å². The number of hydrogen-bond donors (Lipinski definition) is 0. The number of hydrogen-bond acceptors (Lipinski definition) is 1. The van der Waals surface area contributed by atoms with Gasteiger partial charge in [-0.1, -0.05) is 39.0 Å². The van der Waals surface area contributed by atoms with E-state index in [-0.39, 0.29) is 0 Å². The van der Waals surface area contributed by atoms with Gasteiger partial charge >= 0.3 is 0 Å². The van der Waals surface area contributed by atoms with Crippen molar-refractivity contribution in [2.75, 3.05) is 6.54 Å². The lowest BCUT2D eigenvalue weighted by Gasteiger charge is -2.29. The Labute approximate surface area is 106 Å². The molecular weight excluding hydrogens is 206 g/mol. The summed E-state index contributed by atoms with van der Waals surface area (Å²) in [6, 6.07) is 7.98. The summed E-state index contributed by atoms with van der Waals surface area (Å²) in [5.41, 5.74) is 4.67. The van der Waals surface area contributed by atoms with Gasteiger partial charge < -0.3 is 0 Å². The molecule has 0 amide bonds. The van der Waals surface area contributed by atoms with Gasteiger partial charge in [0.15, 0.2) is 0 Å². The molecular formula is C16H25N. The van der Waals surface area contributed by atoms with E-state index >= 15 is 0 Å². The van der Waals surface area contributed by atoms with Crippen molar-refractivity contribution in [2.45, 2.75) is 59.0 Å². The summed E-state index contributed by atoms with van der Waals surface area (Å²) < 4.78 is 0. The number of aryl methyl sites for hydroxylation is 1. The molecule has 0 aromatic heterocycles. The summed E-state index contributed by atoms with van der Waals surface area (Å²) in [5, 5.41) is 0. The molecule has 2 aliphatic rings. The van der Waals surface area contributed by atoms with Crippen molar-refractivity contribution in [3.05, 3.63) is 34.9 Å². The van der Waals surface area contributed by atoms with E-state index in [0.29, 0.717) is 0 Å². The van der Waals surface area contributed by atoms with E-state index in [1.165, 1.54) is 37.9 Å². The van der Waals surface area contributed by atoms with Crippen LogP contribution in [0, 0.1) is 0 Å². The van der Waals surface area contributed by atoms with E-state index in [9.17, 15) is 0 Å². The average Bonchev–Trinajstić information content (AvgIpc) is 3.24. The van der Waals surface area contributed by atoms with Crippen molar-refractivity contribution in [1.82, 2.24) is 4.90 Å². The third-order valence-corrected chi connectivity index (χ3v) is 3.78. The maximum absolute atomic E-state index is 2.67. The molecule has 0 saturated heterocycles. The molecule has 1 aromatic carbocycles. The molecule has 0 atom stereocenters. The topological polar surface area (TPSA) is 3.24 Å². The van der Waals surface area contributed by atoms with Crippen LogP contribution in [0.1, 0.15) is 50.3 Å². The highest BCUT2D eigenvalue weighted by atomic mass is 15.2. The highest BCUT2D eigenvalue weighted by molar-refractivity contribution is 5.34. The lowest BCUT2D eigenvalue weighted by molar-refractivity contribution is 0.243. The van der Waals surface area contributed by atoms with Crippen molar-refractivity contribution in [2.24, 2.45) is 0 Å². The minimum atomic E-state index is 0.920. The molecule has 1 aliphatic heterocycles. The standard InChI is InChI=1S/C14H19N.C2H6/c1-2-11-3-4-12-7-8-15(14-5-6-14)10-13(12)9-11;1-2/h3-4,9,14H,2,5-8,10H2,1H3;1-2H3. The summed E-state index contributed by atoms with van der Waals surface area (Å²) in [6.07, 6.45) is 5.29. The Hall–Kier alpha value is -0.820. The van der Waals surface area contributed by atoms with E-state index in [1.54, 1.807) is 11.1 Å². The first-order valence-corrected chi connectivity index (χ1v) is 7.21. The minimum absolute atomic E-state index is 0.920. The van der Waals surface area contributed by atoms with Crippen molar-refractivity contribution in [1.29, 1.82) is 0 Å². The molecule has 1 saturated carbocycles. The van der Waals surface area contributed by atoms with Crippen LogP contribution in [0.5, 0.6) is 0 Å². The number of nitrogens with zero attached hydrogens (tertiary/aromatic N) is 1. The molecule has 0 bridgehead atoms. The van der Waals surface area contributed by atoms with Gasteiger partial charge in [0.1, 0.15) is 0 Å². The molecule has 0 radical (unpaired) electrons. The zero-order valence-corrected chi connectivity index (χ0v) is 11.5. The molecule has 1 aromatic rings. The first-order valence-electron chi connectivity index (χ1n) is 7.21. The van der Waals surface area contributed by atoms with E-state index in [4.69, 9.17) is 0 Å². The van der Waals surface area contributed by atoms with Crippen molar-refractivity contribution < 1.29 is 0 Å². The maximum atomic E-state index is 2.67. The van der Waals surface area contributed by atoms with Crippen molar-refractivity contribution >= 4 is 0 Å². The average molecular weight is 231 g/mol. The third kappa shape index (κ3) is 2.90. The Morgan fingerprint density at radius 1 is 1.18 bits per heavy atom. The van der Waals surface area contributed by atoms with E-state index in [2.05, 4.69) is 30.0 Å². The van der Waals surface area contributed by atoms with Crippen LogP contribution in [0.15, 0.2) is 18.2 Å². The van der Waals surface area contributed by atoms with Crippen molar-refractivity contribution in [3.8, 4) is 0 Å². The van der Waals surface area contributed by atoms with Crippen LogP contribution < -0.4 is 0 Å². The van der Waals surface area contributed by atoms with E-state index in [0.717, 1.165) is 12.5 Å². The molecule has 0 spiro atoms. The van der Waals surface area contributed by atoms with Crippen LogP contribution in [0.3, 0.4) is 0 Å². The van der Waals surface area contributed by atoms with E-state index in [1.807, 2.05) is 13.8 Å². The molecule has 1 aliphatic carbocycles. The Bertz CT molecular complexity index is 366. The summed E-state index contributed by atoms with van der Waals surface area (Å²) in [7, 11) is 0. The van der Waals surface area contributed by atoms with Crippen molar-refractivity contribution in [3.63, 3.8) is 0 Å². The van der Waals surface area contributed by atoms with Crippen LogP contribution in [0.4, 0.5) is 0 Å². The molecule has 1 heterocycles. The SMILES string of the molecule is CC.CCc1ccc2c(c1)CN(C1CC1)CC2. The predicted octanol–water partition coefficient (Wildman–Crippen LogP) is 3.80. The summed E-state index contributed by atoms with van der Waals surface area (Å²) >= 11 is 0. The number of benzene rings is 1. The van der Waals surface area contributed by atoms with Gasteiger partial charge in [0.25, 0.3) is 0 Å². The minimum Gasteiger partial charge on any atom is -0.296 e.